The van der Waals surface area contributed by atoms with Gasteiger partial charge in [-0.25, -0.2) is 9.97 Å². The molecular weight excluding hydrogens is 252 g/mol. The lowest BCUT2D eigenvalue weighted by molar-refractivity contribution is 0.155. The molecule has 1 aromatic rings. The predicted octanol–water partition coefficient (Wildman–Crippen LogP) is 0.867. The number of hydrogen-bond donors (Lipinski definition) is 2. The van der Waals surface area contributed by atoms with Gasteiger partial charge in [0, 0.05) is 31.1 Å². The first kappa shape index (κ1) is 13.3. The molecule has 2 heterocycles. The predicted molar refractivity (Wildman–Crippen MR) is 78.9 cm³/mol. The molecule has 1 fully saturated rings. The highest BCUT2D eigenvalue weighted by molar-refractivity contribution is 5.74. The molecule has 2 aliphatic rings. The molecule has 5 heteroatoms. The van der Waals surface area contributed by atoms with E-state index in [1.54, 1.807) is 0 Å². The summed E-state index contributed by atoms with van der Waals surface area (Å²) in [5, 5.41) is 10.1. The molecule has 3 rings (SSSR count). The van der Waals surface area contributed by atoms with Crippen LogP contribution in [0.1, 0.15) is 18.2 Å². The van der Waals surface area contributed by atoms with E-state index in [1.165, 1.54) is 11.9 Å². The number of hydrogen-bond acceptors (Lipinski definition) is 5. The van der Waals surface area contributed by atoms with Crippen LogP contribution in [-0.4, -0.2) is 45.7 Å². The fourth-order valence-corrected chi connectivity index (χ4v) is 3.09. The topological polar surface area (TPSA) is 75.3 Å². The van der Waals surface area contributed by atoms with E-state index in [2.05, 4.69) is 27.5 Å². The number of aliphatic hydroxyl groups excluding tert-OH is 1. The number of β-amino-alcohol motifs (C(OH)–C–C–N with tert-alkyl or cyclic N) is 1. The molecule has 1 saturated heterocycles. The minimum absolute atomic E-state index is 0.173. The standard InChI is InChI=1S/C15H20N4O/c1-9(2)12-6-19(7-13(12)20)5-10-3-4-11-14(10)17-8-18-15(11)16/h3,8,12-13,20H,1,4-7H2,2H3,(H2,16,17,18)/t12-,13+/m1/s1. The van der Waals surface area contributed by atoms with Crippen molar-refractivity contribution in [2.45, 2.75) is 19.4 Å². The zero-order valence-corrected chi connectivity index (χ0v) is 11.7. The highest BCUT2D eigenvalue weighted by Gasteiger charge is 2.32. The molecule has 20 heavy (non-hydrogen) atoms. The van der Waals surface area contributed by atoms with E-state index in [9.17, 15) is 5.11 Å². The van der Waals surface area contributed by atoms with Gasteiger partial charge in [0.2, 0.25) is 0 Å². The van der Waals surface area contributed by atoms with Crippen LogP contribution in [0, 0.1) is 5.92 Å². The molecule has 0 aromatic carbocycles. The molecule has 0 saturated carbocycles. The second kappa shape index (κ2) is 5.00. The van der Waals surface area contributed by atoms with Gasteiger partial charge in [-0.05, 0) is 18.9 Å². The van der Waals surface area contributed by atoms with Crippen LogP contribution in [0.5, 0.6) is 0 Å². The summed E-state index contributed by atoms with van der Waals surface area (Å²) >= 11 is 0. The van der Waals surface area contributed by atoms with Crippen molar-refractivity contribution in [2.75, 3.05) is 25.4 Å². The fraction of sp³-hybridized carbons (Fsp3) is 0.467. The number of aromatic nitrogens is 2. The normalized spacial score (nSPS) is 25.6. The summed E-state index contributed by atoms with van der Waals surface area (Å²) in [5.74, 6) is 0.745. The van der Waals surface area contributed by atoms with Crippen molar-refractivity contribution in [3.8, 4) is 0 Å². The average molecular weight is 272 g/mol. The number of fused-ring (bicyclic) bond motifs is 1. The van der Waals surface area contributed by atoms with Gasteiger partial charge in [0.1, 0.15) is 12.1 Å². The molecule has 2 atom stereocenters. The smallest absolute Gasteiger partial charge is 0.130 e. The van der Waals surface area contributed by atoms with Gasteiger partial charge in [0.15, 0.2) is 0 Å². The summed E-state index contributed by atoms with van der Waals surface area (Å²) in [4.78, 5) is 10.6. The van der Waals surface area contributed by atoms with Crippen LogP contribution in [0.4, 0.5) is 5.82 Å². The Morgan fingerprint density at radius 1 is 1.50 bits per heavy atom. The second-order valence-corrected chi connectivity index (χ2v) is 5.73. The Morgan fingerprint density at radius 2 is 2.30 bits per heavy atom. The molecule has 1 aromatic heterocycles. The molecule has 5 nitrogen and oxygen atoms in total. The lowest BCUT2D eigenvalue weighted by Crippen LogP contribution is -2.24. The molecule has 0 radical (unpaired) electrons. The molecule has 106 valence electrons. The SMILES string of the molecule is C=C(C)[C@H]1CN(CC2=CCc3c(N)ncnc32)C[C@@H]1O. The maximum atomic E-state index is 10.1. The zero-order chi connectivity index (χ0) is 14.3. The maximum absolute atomic E-state index is 10.1. The molecule has 0 unspecified atom stereocenters. The van der Waals surface area contributed by atoms with Crippen molar-refractivity contribution in [3.05, 3.63) is 35.8 Å². The lowest BCUT2D eigenvalue weighted by atomic mass is 9.99. The molecule has 1 aliphatic heterocycles. The van der Waals surface area contributed by atoms with Gasteiger partial charge in [0.05, 0.1) is 11.8 Å². The molecule has 0 bridgehead atoms. The van der Waals surface area contributed by atoms with Crippen LogP contribution >= 0.6 is 0 Å². The maximum Gasteiger partial charge on any atom is 0.130 e. The van der Waals surface area contributed by atoms with Crippen molar-refractivity contribution in [1.82, 2.24) is 14.9 Å². The number of nitrogens with zero attached hydrogens (tertiary/aromatic N) is 3. The number of anilines is 1. The molecule has 1 aliphatic carbocycles. The van der Waals surface area contributed by atoms with E-state index < -0.39 is 0 Å². The van der Waals surface area contributed by atoms with Crippen LogP contribution < -0.4 is 5.73 Å². The first-order valence-corrected chi connectivity index (χ1v) is 6.91. The Hall–Kier alpha value is -1.72. The summed E-state index contributed by atoms with van der Waals surface area (Å²) in [6.45, 7) is 8.28. The van der Waals surface area contributed by atoms with E-state index >= 15 is 0 Å². The third-order valence-electron chi connectivity index (χ3n) is 4.23. The second-order valence-electron chi connectivity index (χ2n) is 5.73. The van der Waals surface area contributed by atoms with Gasteiger partial charge in [-0.2, -0.15) is 0 Å². The third-order valence-corrected chi connectivity index (χ3v) is 4.23. The van der Waals surface area contributed by atoms with Gasteiger partial charge in [-0.1, -0.05) is 18.2 Å². The quantitative estimate of drug-likeness (QED) is 0.799. The highest BCUT2D eigenvalue weighted by Crippen LogP contribution is 2.31. The van der Waals surface area contributed by atoms with Crippen LogP contribution in [0.2, 0.25) is 0 Å². The number of nitrogen functional groups attached to an aromatic ring is 1. The highest BCUT2D eigenvalue weighted by atomic mass is 16.3. The Morgan fingerprint density at radius 3 is 3.00 bits per heavy atom. The minimum Gasteiger partial charge on any atom is -0.391 e. The fourth-order valence-electron chi connectivity index (χ4n) is 3.09. The van der Waals surface area contributed by atoms with Gasteiger partial charge < -0.3 is 10.8 Å². The van der Waals surface area contributed by atoms with Crippen LogP contribution in [0.3, 0.4) is 0 Å². The van der Waals surface area contributed by atoms with Crippen molar-refractivity contribution in [3.63, 3.8) is 0 Å². The van der Waals surface area contributed by atoms with Crippen molar-refractivity contribution >= 4 is 11.4 Å². The molecule has 0 spiro atoms. The van der Waals surface area contributed by atoms with E-state index in [1.807, 2.05) is 6.92 Å². The van der Waals surface area contributed by atoms with Crippen LogP contribution in [0.15, 0.2) is 24.6 Å². The monoisotopic (exact) mass is 272 g/mol. The van der Waals surface area contributed by atoms with E-state index in [0.717, 1.165) is 36.3 Å². The summed E-state index contributed by atoms with van der Waals surface area (Å²) in [7, 11) is 0. The van der Waals surface area contributed by atoms with Crippen molar-refractivity contribution in [1.29, 1.82) is 0 Å². The van der Waals surface area contributed by atoms with Gasteiger partial charge in [-0.15, -0.1) is 0 Å². The Labute approximate surface area is 118 Å². The Balaban J connectivity index is 1.73. The first-order chi connectivity index (χ1) is 9.56. The van der Waals surface area contributed by atoms with Crippen molar-refractivity contribution < 1.29 is 5.11 Å². The lowest BCUT2D eigenvalue weighted by Gasteiger charge is -2.16. The van der Waals surface area contributed by atoms with E-state index in [0.29, 0.717) is 12.4 Å². The molecular formula is C15H20N4O. The Bertz CT molecular complexity index is 581. The molecule has 0 amide bonds. The summed E-state index contributed by atoms with van der Waals surface area (Å²) in [6.07, 6.45) is 4.17. The minimum atomic E-state index is -0.315. The van der Waals surface area contributed by atoms with Gasteiger partial charge in [-0.3, -0.25) is 4.90 Å². The number of nitrogens with two attached hydrogens (primary N) is 1. The van der Waals surface area contributed by atoms with E-state index in [-0.39, 0.29) is 12.0 Å². The number of aliphatic hydroxyl groups is 1. The summed E-state index contributed by atoms with van der Waals surface area (Å²) < 4.78 is 0. The van der Waals surface area contributed by atoms with Crippen LogP contribution in [-0.2, 0) is 6.42 Å². The zero-order valence-electron chi connectivity index (χ0n) is 11.7. The third kappa shape index (κ3) is 2.23. The van der Waals surface area contributed by atoms with Gasteiger partial charge >= 0.3 is 0 Å². The summed E-state index contributed by atoms with van der Waals surface area (Å²) in [6, 6.07) is 0. The van der Waals surface area contributed by atoms with Gasteiger partial charge in [0.25, 0.3) is 0 Å². The van der Waals surface area contributed by atoms with E-state index in [4.69, 9.17) is 5.73 Å². The van der Waals surface area contributed by atoms with Crippen LogP contribution in [0.25, 0.3) is 5.57 Å². The number of likely N-dealkylation sites (tertiary alicyclic amines) is 1. The van der Waals surface area contributed by atoms with Crippen molar-refractivity contribution in [2.24, 2.45) is 5.92 Å². The average Bonchev–Trinajstić information content (AvgIpc) is 2.95. The summed E-state index contributed by atoms with van der Waals surface area (Å²) in [5.41, 5.74) is 10.1. The first-order valence-electron chi connectivity index (χ1n) is 6.91. The number of allylic oxidation sites excluding steroid dienone is 1. The largest absolute Gasteiger partial charge is 0.391 e. The Kier molecular flexibility index (Phi) is 3.31. The number of rotatable bonds is 3. The molecule has 3 N–H and O–H groups in total.